The summed E-state index contributed by atoms with van der Waals surface area (Å²) in [4.78, 5) is 0. The average Bonchev–Trinajstić information content (AvgIpc) is 2.77. The van der Waals surface area contributed by atoms with Crippen LogP contribution in [0.2, 0.25) is 0 Å². The van der Waals surface area contributed by atoms with Gasteiger partial charge in [-0.25, -0.2) is 0 Å². The van der Waals surface area contributed by atoms with Crippen LogP contribution < -0.4 is 11.1 Å². The minimum absolute atomic E-state index is 0.165. The Morgan fingerprint density at radius 3 is 2.78 bits per heavy atom. The van der Waals surface area contributed by atoms with E-state index >= 15 is 0 Å². The Labute approximate surface area is 108 Å². The zero-order chi connectivity index (χ0) is 12.5. The molecule has 1 aliphatic rings. The Bertz CT molecular complexity index is 538. The molecular formula is C15H21N3. The second-order valence-electron chi connectivity index (χ2n) is 5.33. The Morgan fingerprint density at radius 1 is 1.28 bits per heavy atom. The number of aromatic nitrogens is 1. The summed E-state index contributed by atoms with van der Waals surface area (Å²) in [6, 6.07) is 8.70. The summed E-state index contributed by atoms with van der Waals surface area (Å²) in [5.41, 5.74) is 9.09. The fourth-order valence-electron chi connectivity index (χ4n) is 3.10. The number of fused-ring (bicyclic) bond motifs is 1. The van der Waals surface area contributed by atoms with E-state index in [1.54, 1.807) is 0 Å². The number of hydrogen-bond donors (Lipinski definition) is 2. The number of para-hydroxylation sites is 1. The van der Waals surface area contributed by atoms with E-state index < -0.39 is 0 Å². The minimum Gasteiger partial charge on any atom is -0.350 e. The highest BCUT2D eigenvalue weighted by atomic mass is 14.9. The number of nitrogens with one attached hydrogen (secondary N) is 1. The second kappa shape index (κ2) is 4.75. The molecular weight excluding hydrogens is 222 g/mol. The highest BCUT2D eigenvalue weighted by molar-refractivity contribution is 5.84. The lowest BCUT2D eigenvalue weighted by Gasteiger charge is -2.28. The van der Waals surface area contributed by atoms with Crippen LogP contribution in [0.25, 0.3) is 10.9 Å². The lowest BCUT2D eigenvalue weighted by atomic mass is 9.86. The van der Waals surface area contributed by atoms with Gasteiger partial charge >= 0.3 is 0 Å². The average molecular weight is 243 g/mol. The smallest absolute Gasteiger partial charge is 0.0481 e. The Kier molecular flexibility index (Phi) is 3.10. The van der Waals surface area contributed by atoms with Gasteiger partial charge in [-0.05, 0) is 43.5 Å². The summed E-state index contributed by atoms with van der Waals surface area (Å²) in [6.07, 6.45) is 4.58. The third-order valence-corrected chi connectivity index (χ3v) is 4.18. The Morgan fingerprint density at radius 2 is 2.00 bits per heavy atom. The van der Waals surface area contributed by atoms with Crippen LogP contribution in [0.4, 0.5) is 0 Å². The maximum absolute atomic E-state index is 6.51. The maximum Gasteiger partial charge on any atom is 0.0481 e. The van der Waals surface area contributed by atoms with Gasteiger partial charge in [0.2, 0.25) is 0 Å². The molecule has 18 heavy (non-hydrogen) atoms. The van der Waals surface area contributed by atoms with Crippen molar-refractivity contribution in [2.45, 2.75) is 18.9 Å². The van der Waals surface area contributed by atoms with Crippen molar-refractivity contribution in [2.75, 3.05) is 13.1 Å². The molecule has 0 saturated carbocycles. The second-order valence-corrected chi connectivity index (χ2v) is 5.33. The van der Waals surface area contributed by atoms with Crippen molar-refractivity contribution in [1.29, 1.82) is 0 Å². The first kappa shape index (κ1) is 11.8. The molecule has 3 heteroatoms. The highest BCUT2D eigenvalue weighted by Crippen LogP contribution is 2.32. The lowest BCUT2D eigenvalue weighted by molar-refractivity contribution is 0.323. The van der Waals surface area contributed by atoms with Crippen LogP contribution >= 0.6 is 0 Å². The molecule has 3 nitrogen and oxygen atoms in total. The summed E-state index contributed by atoms with van der Waals surface area (Å²) in [6.45, 7) is 2.20. The molecule has 2 heterocycles. The first-order valence-corrected chi connectivity index (χ1v) is 6.77. The van der Waals surface area contributed by atoms with Crippen molar-refractivity contribution in [3.05, 3.63) is 36.0 Å². The van der Waals surface area contributed by atoms with Crippen LogP contribution in [0, 0.1) is 5.92 Å². The predicted molar refractivity (Wildman–Crippen MR) is 75.4 cm³/mol. The molecule has 3 N–H and O–H groups in total. The number of rotatable bonds is 2. The highest BCUT2D eigenvalue weighted by Gasteiger charge is 2.24. The van der Waals surface area contributed by atoms with Gasteiger partial charge in [-0.1, -0.05) is 18.2 Å². The first-order chi connectivity index (χ1) is 8.77. The number of hydrogen-bond acceptors (Lipinski definition) is 2. The van der Waals surface area contributed by atoms with Crippen molar-refractivity contribution in [3.63, 3.8) is 0 Å². The number of piperidine rings is 1. The van der Waals surface area contributed by atoms with Crippen molar-refractivity contribution in [1.82, 2.24) is 9.88 Å². The molecule has 2 aromatic rings. The molecule has 1 aromatic carbocycles. The van der Waals surface area contributed by atoms with Crippen molar-refractivity contribution in [3.8, 4) is 0 Å². The van der Waals surface area contributed by atoms with Crippen LogP contribution in [0.3, 0.4) is 0 Å². The summed E-state index contributed by atoms with van der Waals surface area (Å²) >= 11 is 0. The maximum atomic E-state index is 6.51. The molecule has 1 saturated heterocycles. The summed E-state index contributed by atoms with van der Waals surface area (Å²) in [7, 11) is 2.10. The van der Waals surface area contributed by atoms with Crippen LogP contribution in [0.1, 0.15) is 24.4 Å². The summed E-state index contributed by atoms with van der Waals surface area (Å²) < 4.78 is 2.19. The van der Waals surface area contributed by atoms with Crippen molar-refractivity contribution >= 4 is 10.9 Å². The molecule has 1 aromatic heterocycles. The van der Waals surface area contributed by atoms with Gasteiger partial charge < -0.3 is 15.6 Å². The monoisotopic (exact) mass is 243 g/mol. The SMILES string of the molecule is Cn1cc([C@H](N)C2CCNCC2)c2ccccc21. The molecule has 0 aliphatic carbocycles. The third kappa shape index (κ3) is 1.93. The summed E-state index contributed by atoms with van der Waals surface area (Å²) in [5, 5.41) is 4.71. The fourth-order valence-corrected chi connectivity index (χ4v) is 3.10. The number of benzene rings is 1. The van der Waals surface area contributed by atoms with Gasteiger partial charge in [0, 0.05) is 30.2 Å². The molecule has 1 fully saturated rings. The Hall–Kier alpha value is -1.32. The van der Waals surface area contributed by atoms with Gasteiger partial charge in [-0.3, -0.25) is 0 Å². The van der Waals surface area contributed by atoms with E-state index in [2.05, 4.69) is 47.4 Å². The van der Waals surface area contributed by atoms with E-state index in [-0.39, 0.29) is 6.04 Å². The van der Waals surface area contributed by atoms with Gasteiger partial charge in [0.25, 0.3) is 0 Å². The Balaban J connectivity index is 1.98. The fraction of sp³-hybridized carbons (Fsp3) is 0.467. The molecule has 1 atom stereocenters. The lowest BCUT2D eigenvalue weighted by Crippen LogP contribution is -2.33. The number of nitrogens with two attached hydrogens (primary N) is 1. The first-order valence-electron chi connectivity index (χ1n) is 6.77. The van der Waals surface area contributed by atoms with Crippen LogP contribution in [-0.2, 0) is 7.05 Å². The van der Waals surface area contributed by atoms with E-state index in [0.717, 1.165) is 13.1 Å². The van der Waals surface area contributed by atoms with E-state index in [1.165, 1.54) is 29.3 Å². The van der Waals surface area contributed by atoms with Gasteiger partial charge in [-0.15, -0.1) is 0 Å². The molecule has 0 spiro atoms. The molecule has 0 radical (unpaired) electrons. The van der Waals surface area contributed by atoms with E-state index in [4.69, 9.17) is 5.73 Å². The topological polar surface area (TPSA) is 43.0 Å². The van der Waals surface area contributed by atoms with Crippen molar-refractivity contribution in [2.24, 2.45) is 18.7 Å². The number of aryl methyl sites for hydroxylation is 1. The van der Waals surface area contributed by atoms with E-state index in [1.807, 2.05) is 0 Å². The standard InChI is InChI=1S/C15H21N3/c1-18-10-13(12-4-2-3-5-14(12)18)15(16)11-6-8-17-9-7-11/h2-5,10-11,15,17H,6-9,16H2,1H3/t15-/m1/s1. The van der Waals surface area contributed by atoms with Crippen LogP contribution in [-0.4, -0.2) is 17.7 Å². The molecule has 96 valence electrons. The molecule has 1 aliphatic heterocycles. The molecule has 3 rings (SSSR count). The quantitative estimate of drug-likeness (QED) is 0.849. The van der Waals surface area contributed by atoms with Gasteiger partial charge in [-0.2, -0.15) is 0 Å². The minimum atomic E-state index is 0.165. The molecule has 0 bridgehead atoms. The largest absolute Gasteiger partial charge is 0.350 e. The van der Waals surface area contributed by atoms with Gasteiger partial charge in [0.1, 0.15) is 0 Å². The zero-order valence-corrected chi connectivity index (χ0v) is 10.9. The zero-order valence-electron chi connectivity index (χ0n) is 10.9. The third-order valence-electron chi connectivity index (χ3n) is 4.18. The molecule has 0 unspecified atom stereocenters. The van der Waals surface area contributed by atoms with Gasteiger partial charge in [0.05, 0.1) is 0 Å². The number of nitrogens with zero attached hydrogens (tertiary/aromatic N) is 1. The van der Waals surface area contributed by atoms with Crippen LogP contribution in [0.15, 0.2) is 30.5 Å². The van der Waals surface area contributed by atoms with E-state index in [9.17, 15) is 0 Å². The van der Waals surface area contributed by atoms with Gasteiger partial charge in [0.15, 0.2) is 0 Å². The normalized spacial score (nSPS) is 19.2. The molecule has 0 amide bonds. The van der Waals surface area contributed by atoms with Crippen LogP contribution in [0.5, 0.6) is 0 Å². The van der Waals surface area contributed by atoms with Crippen molar-refractivity contribution < 1.29 is 0 Å². The van der Waals surface area contributed by atoms with E-state index in [0.29, 0.717) is 5.92 Å². The predicted octanol–water partition coefficient (Wildman–Crippen LogP) is 2.18. The summed E-state index contributed by atoms with van der Waals surface area (Å²) in [5.74, 6) is 0.608.